The molecule has 0 atom stereocenters. The Labute approximate surface area is 106 Å². The monoisotopic (exact) mass is 250 g/mol. The van der Waals surface area contributed by atoms with Gasteiger partial charge in [-0.15, -0.1) is 0 Å². The Balaban J connectivity index is 1.94. The number of aromatic nitrogens is 1. The number of rotatable bonds is 3. The van der Waals surface area contributed by atoms with Gasteiger partial charge in [-0.1, -0.05) is 6.92 Å². The van der Waals surface area contributed by atoms with Crippen molar-refractivity contribution in [1.82, 2.24) is 10.3 Å². The van der Waals surface area contributed by atoms with Crippen LogP contribution < -0.4 is 5.32 Å². The van der Waals surface area contributed by atoms with E-state index in [9.17, 15) is 9.90 Å². The van der Waals surface area contributed by atoms with E-state index in [0.29, 0.717) is 6.54 Å². The molecule has 1 aromatic heterocycles. The second-order valence-electron chi connectivity index (χ2n) is 4.98. The van der Waals surface area contributed by atoms with Crippen molar-refractivity contribution in [1.29, 1.82) is 0 Å². The third-order valence-corrected chi connectivity index (χ3v) is 3.38. The molecule has 2 rings (SSSR count). The smallest absolute Gasteiger partial charge is 0.273 e. The molecule has 0 bridgehead atoms. The van der Waals surface area contributed by atoms with Gasteiger partial charge in [0.15, 0.2) is 5.69 Å². The van der Waals surface area contributed by atoms with E-state index >= 15 is 0 Å². The maximum Gasteiger partial charge on any atom is 0.273 e. The van der Waals surface area contributed by atoms with Crippen molar-refractivity contribution in [3.63, 3.8) is 0 Å². The van der Waals surface area contributed by atoms with Crippen molar-refractivity contribution in [2.24, 2.45) is 5.41 Å². The number of aromatic hydroxyl groups is 1. The first kappa shape index (κ1) is 12.8. The highest BCUT2D eigenvalue weighted by atomic mass is 16.5. The fraction of sp³-hybridized carbons (Fsp3) is 0.538. The molecule has 5 nitrogen and oxygen atoms in total. The average Bonchev–Trinajstić information content (AvgIpc) is 2.38. The molecule has 0 aliphatic carbocycles. The number of carbonyl (C=O) groups is 1. The van der Waals surface area contributed by atoms with Gasteiger partial charge in [0.2, 0.25) is 0 Å². The zero-order valence-electron chi connectivity index (χ0n) is 10.5. The van der Waals surface area contributed by atoms with Crippen LogP contribution in [0.25, 0.3) is 0 Å². The summed E-state index contributed by atoms with van der Waals surface area (Å²) in [5.74, 6) is -0.423. The fourth-order valence-corrected chi connectivity index (χ4v) is 1.99. The Morgan fingerprint density at radius 1 is 1.56 bits per heavy atom. The maximum atomic E-state index is 11.9. The second kappa shape index (κ2) is 5.35. The summed E-state index contributed by atoms with van der Waals surface area (Å²) in [6.45, 7) is 4.18. The van der Waals surface area contributed by atoms with E-state index in [-0.39, 0.29) is 22.8 Å². The molecule has 1 amide bonds. The Kier molecular flexibility index (Phi) is 3.81. The fourth-order valence-electron chi connectivity index (χ4n) is 1.99. The van der Waals surface area contributed by atoms with Crippen LogP contribution in [0.5, 0.6) is 5.75 Å². The first-order valence-corrected chi connectivity index (χ1v) is 6.11. The first-order chi connectivity index (χ1) is 8.61. The Bertz CT molecular complexity index is 428. The van der Waals surface area contributed by atoms with Crippen LogP contribution in [-0.4, -0.2) is 35.8 Å². The van der Waals surface area contributed by atoms with Crippen LogP contribution in [0, 0.1) is 5.41 Å². The lowest BCUT2D eigenvalue weighted by Gasteiger charge is -2.33. The number of amides is 1. The van der Waals surface area contributed by atoms with Gasteiger partial charge in [0, 0.05) is 26.0 Å². The van der Waals surface area contributed by atoms with E-state index in [4.69, 9.17) is 4.74 Å². The summed E-state index contributed by atoms with van der Waals surface area (Å²) in [5, 5.41) is 12.4. The Hall–Kier alpha value is -1.62. The Morgan fingerprint density at radius 2 is 2.28 bits per heavy atom. The van der Waals surface area contributed by atoms with Crippen LogP contribution in [-0.2, 0) is 4.74 Å². The molecule has 18 heavy (non-hydrogen) atoms. The molecule has 2 heterocycles. The third kappa shape index (κ3) is 2.98. The highest BCUT2D eigenvalue weighted by Crippen LogP contribution is 2.28. The molecule has 0 aromatic carbocycles. The van der Waals surface area contributed by atoms with E-state index in [0.717, 1.165) is 26.1 Å². The van der Waals surface area contributed by atoms with Gasteiger partial charge in [-0.05, 0) is 30.4 Å². The summed E-state index contributed by atoms with van der Waals surface area (Å²) >= 11 is 0. The lowest BCUT2D eigenvalue weighted by Crippen LogP contribution is -2.39. The molecule has 98 valence electrons. The number of nitrogens with zero attached hydrogens (tertiary/aromatic N) is 1. The van der Waals surface area contributed by atoms with E-state index in [1.807, 2.05) is 0 Å². The highest BCUT2D eigenvalue weighted by molar-refractivity contribution is 5.94. The third-order valence-electron chi connectivity index (χ3n) is 3.38. The summed E-state index contributed by atoms with van der Waals surface area (Å²) < 4.78 is 5.31. The number of ether oxygens (including phenoxy) is 1. The van der Waals surface area contributed by atoms with Crippen molar-refractivity contribution in [2.75, 3.05) is 19.8 Å². The van der Waals surface area contributed by atoms with Crippen LogP contribution in [0.1, 0.15) is 30.3 Å². The molecule has 0 saturated carbocycles. The van der Waals surface area contributed by atoms with Crippen molar-refractivity contribution in [2.45, 2.75) is 19.8 Å². The summed E-state index contributed by atoms with van der Waals surface area (Å²) in [6.07, 6.45) is 3.35. The second-order valence-corrected chi connectivity index (χ2v) is 4.98. The number of nitrogens with one attached hydrogen (secondary N) is 1. The van der Waals surface area contributed by atoms with Gasteiger partial charge in [-0.3, -0.25) is 4.79 Å². The lowest BCUT2D eigenvalue weighted by atomic mass is 9.82. The van der Waals surface area contributed by atoms with Gasteiger partial charge in [-0.25, -0.2) is 4.98 Å². The molecule has 1 aliphatic rings. The van der Waals surface area contributed by atoms with Gasteiger partial charge in [0.25, 0.3) is 5.91 Å². The molecule has 1 aromatic rings. The van der Waals surface area contributed by atoms with Gasteiger partial charge in [0.05, 0.1) is 0 Å². The van der Waals surface area contributed by atoms with Crippen LogP contribution in [0.2, 0.25) is 0 Å². The van der Waals surface area contributed by atoms with Crippen LogP contribution in [0.4, 0.5) is 0 Å². The van der Waals surface area contributed by atoms with Crippen LogP contribution in [0.3, 0.4) is 0 Å². The summed E-state index contributed by atoms with van der Waals surface area (Å²) in [5.41, 5.74) is 0.145. The molecule has 5 heteroatoms. The van der Waals surface area contributed by atoms with Crippen molar-refractivity contribution >= 4 is 5.91 Å². The predicted molar refractivity (Wildman–Crippen MR) is 66.4 cm³/mol. The van der Waals surface area contributed by atoms with Gasteiger partial charge >= 0.3 is 0 Å². The number of hydrogen-bond donors (Lipinski definition) is 2. The van der Waals surface area contributed by atoms with Crippen molar-refractivity contribution in [3.05, 3.63) is 24.0 Å². The molecular formula is C13H18N2O3. The molecule has 1 fully saturated rings. The maximum absolute atomic E-state index is 11.9. The quantitative estimate of drug-likeness (QED) is 0.849. The molecule has 0 unspecified atom stereocenters. The zero-order chi connectivity index (χ0) is 13.0. The largest absolute Gasteiger partial charge is 0.505 e. The van der Waals surface area contributed by atoms with Gasteiger partial charge in [0.1, 0.15) is 5.75 Å². The number of pyridine rings is 1. The van der Waals surface area contributed by atoms with E-state index in [1.165, 1.54) is 12.3 Å². The van der Waals surface area contributed by atoms with Crippen molar-refractivity contribution in [3.8, 4) is 5.75 Å². The van der Waals surface area contributed by atoms with E-state index < -0.39 is 0 Å². The molecule has 0 spiro atoms. The summed E-state index contributed by atoms with van der Waals surface area (Å²) in [4.78, 5) is 15.8. The zero-order valence-corrected chi connectivity index (χ0v) is 10.5. The molecule has 1 saturated heterocycles. The minimum Gasteiger partial charge on any atom is -0.505 e. The van der Waals surface area contributed by atoms with Crippen molar-refractivity contribution < 1.29 is 14.6 Å². The topological polar surface area (TPSA) is 71.5 Å². The SMILES string of the molecule is CC1(CNC(=O)c2ncccc2O)CCOCC1. The summed E-state index contributed by atoms with van der Waals surface area (Å²) in [7, 11) is 0. The van der Waals surface area contributed by atoms with Gasteiger partial charge in [-0.2, -0.15) is 0 Å². The van der Waals surface area contributed by atoms with Crippen LogP contribution in [0.15, 0.2) is 18.3 Å². The minimum absolute atomic E-state index is 0.0678. The highest BCUT2D eigenvalue weighted by Gasteiger charge is 2.28. The van der Waals surface area contributed by atoms with Crippen LogP contribution >= 0.6 is 0 Å². The van der Waals surface area contributed by atoms with E-state index in [1.54, 1.807) is 6.07 Å². The summed E-state index contributed by atoms with van der Waals surface area (Å²) in [6, 6.07) is 3.05. The first-order valence-electron chi connectivity index (χ1n) is 6.11. The molecule has 0 radical (unpaired) electrons. The molecule has 1 aliphatic heterocycles. The van der Waals surface area contributed by atoms with E-state index in [2.05, 4.69) is 17.2 Å². The molecule has 2 N–H and O–H groups in total. The van der Waals surface area contributed by atoms with Gasteiger partial charge < -0.3 is 15.2 Å². The number of carbonyl (C=O) groups excluding carboxylic acids is 1. The predicted octanol–water partition coefficient (Wildman–Crippen LogP) is 1.33. The minimum atomic E-state index is -0.333. The normalized spacial score (nSPS) is 18.3. The standard InChI is InChI=1S/C13H18N2O3/c1-13(4-7-18-8-5-13)9-15-12(17)11-10(16)3-2-6-14-11/h2-3,6,16H,4-5,7-9H2,1H3,(H,15,17). The number of hydrogen-bond acceptors (Lipinski definition) is 4. The lowest BCUT2D eigenvalue weighted by molar-refractivity contribution is 0.0238. The average molecular weight is 250 g/mol. The Morgan fingerprint density at radius 3 is 2.94 bits per heavy atom. The molecular weight excluding hydrogens is 232 g/mol.